The molecule has 1 aromatic carbocycles. The smallest absolute Gasteiger partial charge is 0.351 e. The Hall–Kier alpha value is -2.50. The fraction of sp³-hybridized carbons (Fsp3) is 0.0909. The molecule has 1 heterocycles. The lowest BCUT2D eigenvalue weighted by Crippen LogP contribution is -2.10. The molecule has 2 rings (SSSR count). The van der Waals surface area contributed by atoms with E-state index in [2.05, 4.69) is 20.5 Å². The van der Waals surface area contributed by atoms with Gasteiger partial charge in [-0.15, -0.1) is 0 Å². The van der Waals surface area contributed by atoms with Gasteiger partial charge < -0.3 is 5.11 Å². The summed E-state index contributed by atoms with van der Waals surface area (Å²) < 4.78 is 0. The van der Waals surface area contributed by atoms with E-state index in [1.54, 1.807) is 0 Å². The van der Waals surface area contributed by atoms with Crippen LogP contribution in [0.25, 0.3) is 10.9 Å². The minimum absolute atomic E-state index is 0.0345. The van der Waals surface area contributed by atoms with Crippen molar-refractivity contribution in [1.29, 1.82) is 0 Å². The number of carboxylic acid groups (broad SMARTS) is 1. The molecule has 6 heteroatoms. The Morgan fingerprint density at radius 3 is 2.88 bits per heavy atom. The van der Waals surface area contributed by atoms with E-state index in [1.807, 2.05) is 24.3 Å². The highest BCUT2D eigenvalue weighted by atomic mass is 16.4. The van der Waals surface area contributed by atoms with Crippen LogP contribution in [0.5, 0.6) is 0 Å². The van der Waals surface area contributed by atoms with Crippen LogP contribution in [0.1, 0.15) is 6.92 Å². The number of para-hydroxylation sites is 1. The Labute approximate surface area is 97.0 Å². The fourth-order valence-corrected chi connectivity index (χ4v) is 1.28. The van der Waals surface area contributed by atoms with Crippen LogP contribution in [0, 0.1) is 0 Å². The van der Waals surface area contributed by atoms with Gasteiger partial charge in [-0.3, -0.25) is 5.43 Å². The van der Waals surface area contributed by atoms with Crippen LogP contribution in [0.3, 0.4) is 0 Å². The molecule has 0 saturated heterocycles. The molecule has 1 aromatic heterocycles. The molecule has 0 aliphatic carbocycles. The summed E-state index contributed by atoms with van der Waals surface area (Å²) in [6.07, 6.45) is 1.40. The summed E-state index contributed by atoms with van der Waals surface area (Å²) in [5.74, 6) is -0.591. The highest BCUT2D eigenvalue weighted by Crippen LogP contribution is 2.17. The predicted octanol–water partition coefficient (Wildman–Crippen LogP) is 1.50. The number of fused-ring (bicyclic) bond motifs is 1. The second-order valence-electron chi connectivity index (χ2n) is 3.35. The molecule has 0 bridgehead atoms. The minimum Gasteiger partial charge on any atom is -0.477 e. The first kappa shape index (κ1) is 11.0. The van der Waals surface area contributed by atoms with Gasteiger partial charge in [-0.05, 0) is 19.1 Å². The molecule has 6 nitrogen and oxygen atoms in total. The molecule has 0 aliphatic heterocycles. The molecule has 0 unspecified atom stereocenters. The summed E-state index contributed by atoms with van der Waals surface area (Å²) in [6.45, 7) is 1.40. The number of aliphatic carboxylic acids is 1. The van der Waals surface area contributed by atoms with Crippen molar-refractivity contribution in [1.82, 2.24) is 9.97 Å². The molecule has 0 radical (unpaired) electrons. The summed E-state index contributed by atoms with van der Waals surface area (Å²) in [5, 5.41) is 13.2. The number of hydrogen-bond donors (Lipinski definition) is 2. The average molecular weight is 230 g/mol. The van der Waals surface area contributed by atoms with Crippen LogP contribution in [0.4, 0.5) is 5.82 Å². The molecule has 0 amide bonds. The van der Waals surface area contributed by atoms with Crippen LogP contribution >= 0.6 is 0 Å². The van der Waals surface area contributed by atoms with E-state index in [-0.39, 0.29) is 5.71 Å². The molecule has 17 heavy (non-hydrogen) atoms. The van der Waals surface area contributed by atoms with Gasteiger partial charge in [0.05, 0.1) is 5.52 Å². The van der Waals surface area contributed by atoms with E-state index in [9.17, 15) is 4.79 Å². The number of rotatable bonds is 3. The summed E-state index contributed by atoms with van der Waals surface area (Å²) in [5.41, 5.74) is 3.36. The first-order chi connectivity index (χ1) is 8.18. The topological polar surface area (TPSA) is 87.5 Å². The van der Waals surface area contributed by atoms with Gasteiger partial charge in [-0.2, -0.15) is 5.10 Å². The number of carboxylic acids is 1. The van der Waals surface area contributed by atoms with E-state index >= 15 is 0 Å². The maximum atomic E-state index is 10.6. The van der Waals surface area contributed by atoms with Crippen LogP contribution in [-0.4, -0.2) is 26.8 Å². The van der Waals surface area contributed by atoms with E-state index in [4.69, 9.17) is 5.11 Å². The standard InChI is InChI=1S/C11H10N4O2/c1-7(11(16)17)14-15-10-8-4-2-3-5-9(8)12-6-13-10/h2-6H,1H3,(H,16,17)(H,12,13,15)/b14-7+. The van der Waals surface area contributed by atoms with E-state index in [0.717, 1.165) is 10.9 Å². The molecule has 2 N–H and O–H groups in total. The number of anilines is 1. The zero-order chi connectivity index (χ0) is 12.3. The largest absolute Gasteiger partial charge is 0.477 e. The predicted molar refractivity (Wildman–Crippen MR) is 63.9 cm³/mol. The summed E-state index contributed by atoms with van der Waals surface area (Å²) in [7, 11) is 0. The van der Waals surface area contributed by atoms with Crippen molar-refractivity contribution in [2.45, 2.75) is 6.92 Å². The number of aromatic nitrogens is 2. The van der Waals surface area contributed by atoms with Crippen LogP contribution < -0.4 is 5.43 Å². The molecule has 0 atom stereocenters. The number of nitrogens with zero attached hydrogens (tertiary/aromatic N) is 3. The number of hydrogen-bond acceptors (Lipinski definition) is 5. The lowest BCUT2D eigenvalue weighted by Gasteiger charge is -2.03. The first-order valence-electron chi connectivity index (χ1n) is 4.92. The Bertz CT molecular complexity index is 590. The average Bonchev–Trinajstić information content (AvgIpc) is 2.35. The maximum absolute atomic E-state index is 10.6. The Morgan fingerprint density at radius 1 is 1.35 bits per heavy atom. The number of hydrazone groups is 1. The van der Waals surface area contributed by atoms with E-state index in [1.165, 1.54) is 13.3 Å². The Kier molecular flexibility index (Phi) is 2.95. The van der Waals surface area contributed by atoms with Gasteiger partial charge in [0.2, 0.25) is 0 Å². The van der Waals surface area contributed by atoms with Crippen LogP contribution in [0.2, 0.25) is 0 Å². The first-order valence-corrected chi connectivity index (χ1v) is 4.92. The van der Waals surface area contributed by atoms with Crippen molar-refractivity contribution in [2.75, 3.05) is 5.43 Å². The highest BCUT2D eigenvalue weighted by molar-refractivity contribution is 6.34. The van der Waals surface area contributed by atoms with E-state index < -0.39 is 5.97 Å². The maximum Gasteiger partial charge on any atom is 0.351 e. The van der Waals surface area contributed by atoms with Crippen molar-refractivity contribution in [2.24, 2.45) is 5.10 Å². The monoisotopic (exact) mass is 230 g/mol. The van der Waals surface area contributed by atoms with Crippen LogP contribution in [-0.2, 0) is 4.79 Å². The van der Waals surface area contributed by atoms with E-state index in [0.29, 0.717) is 5.82 Å². The molecule has 0 spiro atoms. The molecule has 2 aromatic rings. The SMILES string of the molecule is C/C(=N\Nc1ncnc2ccccc12)C(=O)O. The third-order valence-electron chi connectivity index (χ3n) is 2.18. The Balaban J connectivity index is 2.37. The van der Waals surface area contributed by atoms with Gasteiger partial charge in [-0.1, -0.05) is 12.1 Å². The third kappa shape index (κ3) is 2.36. The normalized spacial score (nSPS) is 11.5. The number of benzene rings is 1. The second kappa shape index (κ2) is 4.56. The van der Waals surface area contributed by atoms with Crippen molar-refractivity contribution in [3.8, 4) is 0 Å². The molecular weight excluding hydrogens is 220 g/mol. The fourth-order valence-electron chi connectivity index (χ4n) is 1.28. The lowest BCUT2D eigenvalue weighted by atomic mass is 10.2. The molecule has 0 saturated carbocycles. The zero-order valence-corrected chi connectivity index (χ0v) is 9.08. The van der Waals surface area contributed by atoms with Gasteiger partial charge in [-0.25, -0.2) is 14.8 Å². The highest BCUT2D eigenvalue weighted by Gasteiger charge is 2.04. The molecule has 0 aliphatic rings. The number of carbonyl (C=O) groups is 1. The zero-order valence-electron chi connectivity index (χ0n) is 9.08. The molecular formula is C11H10N4O2. The van der Waals surface area contributed by atoms with Gasteiger partial charge in [0.15, 0.2) is 5.82 Å². The van der Waals surface area contributed by atoms with Gasteiger partial charge in [0, 0.05) is 5.39 Å². The molecule has 86 valence electrons. The van der Waals surface area contributed by atoms with Crippen molar-refractivity contribution in [3.05, 3.63) is 30.6 Å². The lowest BCUT2D eigenvalue weighted by molar-refractivity contribution is -0.129. The second-order valence-corrected chi connectivity index (χ2v) is 3.35. The third-order valence-corrected chi connectivity index (χ3v) is 2.18. The Morgan fingerprint density at radius 2 is 2.12 bits per heavy atom. The van der Waals surface area contributed by atoms with Gasteiger partial charge >= 0.3 is 5.97 Å². The van der Waals surface area contributed by atoms with Crippen molar-refractivity contribution >= 4 is 28.4 Å². The van der Waals surface area contributed by atoms with Gasteiger partial charge in [0.25, 0.3) is 0 Å². The van der Waals surface area contributed by atoms with Gasteiger partial charge in [0.1, 0.15) is 12.0 Å². The van der Waals surface area contributed by atoms with Crippen molar-refractivity contribution < 1.29 is 9.90 Å². The summed E-state index contributed by atoms with van der Waals surface area (Å²) in [6, 6.07) is 7.40. The summed E-state index contributed by atoms with van der Waals surface area (Å²) >= 11 is 0. The molecule has 0 fully saturated rings. The quantitative estimate of drug-likeness (QED) is 0.616. The summed E-state index contributed by atoms with van der Waals surface area (Å²) in [4.78, 5) is 18.7. The van der Waals surface area contributed by atoms with Crippen molar-refractivity contribution in [3.63, 3.8) is 0 Å². The number of nitrogens with one attached hydrogen (secondary N) is 1. The minimum atomic E-state index is -1.07. The van der Waals surface area contributed by atoms with Crippen LogP contribution in [0.15, 0.2) is 35.7 Å².